The summed E-state index contributed by atoms with van der Waals surface area (Å²) in [5.74, 6) is 2.87. The fraction of sp³-hybridized carbons (Fsp3) is 0.515. The van der Waals surface area contributed by atoms with E-state index in [0.717, 1.165) is 74.2 Å². The molecule has 2 aromatic carbocycles. The summed E-state index contributed by atoms with van der Waals surface area (Å²) in [6.45, 7) is 5.68. The van der Waals surface area contributed by atoms with Gasteiger partial charge in [-0.05, 0) is 56.3 Å². The highest BCUT2D eigenvalue weighted by atomic mass is 16.6. The number of imidazole rings is 1. The number of ether oxygens (including phenoxy) is 3. The first-order chi connectivity index (χ1) is 19.3. The molecule has 0 aliphatic heterocycles. The molecule has 1 heterocycles. The minimum atomic E-state index is -0.425. The van der Waals surface area contributed by atoms with Crippen molar-refractivity contribution in [3.05, 3.63) is 59.9 Å². The maximum absolute atomic E-state index is 12.9. The monoisotopic (exact) mass is 545 g/mol. The third-order valence-corrected chi connectivity index (χ3v) is 8.70. The highest BCUT2D eigenvalue weighted by Crippen LogP contribution is 2.53. The molecule has 7 heteroatoms. The summed E-state index contributed by atoms with van der Waals surface area (Å²) < 4.78 is 17.3. The number of rotatable bonds is 12. The average molecular weight is 546 g/mol. The quantitative estimate of drug-likeness (QED) is 0.270. The van der Waals surface area contributed by atoms with Crippen LogP contribution in [-0.2, 0) is 16.0 Å². The molecule has 3 unspecified atom stereocenters. The largest absolute Gasteiger partial charge is 0.497 e. The number of H-pyrrole nitrogens is 1. The van der Waals surface area contributed by atoms with E-state index in [1.54, 1.807) is 14.2 Å². The molecule has 0 radical (unpaired) electrons. The first-order valence-corrected chi connectivity index (χ1v) is 14.6. The molecule has 214 valence electrons. The number of allylic oxidation sites excluding steroid dienone is 1. The number of nitrogens with one attached hydrogen (secondary N) is 1. The van der Waals surface area contributed by atoms with E-state index in [4.69, 9.17) is 19.2 Å². The standard InChI is InChI=1S/C33H43N3O4/c1-22(2)32(37)40-33(21-24-13-14-25(33)18-27(24)23-10-7-6-8-11-23)15-17-36(3)16-9-12-30-34-28-19-26(38-4)20-29(39-5)31(28)35-30/h6-8,10-11,18-20,22,24-25H,9,12-17,21H2,1-5H3,(H,34,35). The zero-order valence-corrected chi connectivity index (χ0v) is 24.5. The third-order valence-electron chi connectivity index (χ3n) is 8.70. The van der Waals surface area contributed by atoms with Gasteiger partial charge in [0.05, 0.1) is 25.7 Å². The lowest BCUT2D eigenvalue weighted by molar-refractivity contribution is -0.176. The second-order valence-corrected chi connectivity index (χ2v) is 11.8. The molecular weight excluding hydrogens is 502 g/mol. The molecule has 6 rings (SSSR count). The lowest BCUT2D eigenvalue weighted by Crippen LogP contribution is -2.51. The summed E-state index contributed by atoms with van der Waals surface area (Å²) in [6.07, 6.45) is 8.24. The lowest BCUT2D eigenvalue weighted by atomic mass is 9.60. The van der Waals surface area contributed by atoms with Crippen molar-refractivity contribution < 1.29 is 19.0 Å². The van der Waals surface area contributed by atoms with Crippen LogP contribution in [0.15, 0.2) is 48.5 Å². The third kappa shape index (κ3) is 5.90. The molecule has 3 atom stereocenters. The van der Waals surface area contributed by atoms with E-state index in [1.165, 1.54) is 11.1 Å². The van der Waals surface area contributed by atoms with Gasteiger partial charge in [-0.25, -0.2) is 4.98 Å². The highest BCUT2D eigenvalue weighted by molar-refractivity contribution is 5.83. The van der Waals surface area contributed by atoms with Gasteiger partial charge >= 0.3 is 5.97 Å². The van der Waals surface area contributed by atoms with E-state index in [0.29, 0.717) is 11.7 Å². The van der Waals surface area contributed by atoms with Crippen molar-refractivity contribution in [2.24, 2.45) is 17.8 Å². The van der Waals surface area contributed by atoms with Gasteiger partial charge in [0.1, 0.15) is 28.4 Å². The van der Waals surface area contributed by atoms with E-state index in [-0.39, 0.29) is 17.8 Å². The SMILES string of the molecule is COc1cc(OC)c2nc(CCCN(C)CCC3(OC(=O)C(C)C)CC4CCC3C=C4c3ccccc3)[nH]c2c1. The molecule has 3 aliphatic carbocycles. The molecule has 3 aliphatic rings. The van der Waals surface area contributed by atoms with E-state index < -0.39 is 5.60 Å². The number of hydrogen-bond acceptors (Lipinski definition) is 6. The predicted octanol–water partition coefficient (Wildman–Crippen LogP) is 6.29. The molecular formula is C33H43N3O4. The van der Waals surface area contributed by atoms with Crippen molar-refractivity contribution in [3.8, 4) is 11.5 Å². The van der Waals surface area contributed by atoms with E-state index in [2.05, 4.69) is 53.3 Å². The Bertz CT molecular complexity index is 1350. The van der Waals surface area contributed by atoms with Crippen molar-refractivity contribution in [1.29, 1.82) is 0 Å². The summed E-state index contributed by atoms with van der Waals surface area (Å²) in [5, 5.41) is 0. The molecule has 0 saturated heterocycles. The summed E-state index contributed by atoms with van der Waals surface area (Å²) in [7, 11) is 5.47. The van der Waals surface area contributed by atoms with Gasteiger partial charge in [-0.3, -0.25) is 4.79 Å². The van der Waals surface area contributed by atoms with Crippen LogP contribution >= 0.6 is 0 Å². The molecule has 7 nitrogen and oxygen atoms in total. The molecule has 1 fully saturated rings. The van der Waals surface area contributed by atoms with E-state index >= 15 is 0 Å². The number of aromatic nitrogens is 2. The molecule has 1 aromatic heterocycles. The number of fused-ring (bicyclic) bond motifs is 3. The van der Waals surface area contributed by atoms with Crippen LogP contribution in [0, 0.1) is 17.8 Å². The predicted molar refractivity (Wildman–Crippen MR) is 159 cm³/mol. The van der Waals surface area contributed by atoms with Gasteiger partial charge < -0.3 is 24.1 Å². The van der Waals surface area contributed by atoms with Crippen LogP contribution in [0.5, 0.6) is 11.5 Å². The lowest BCUT2D eigenvalue weighted by Gasteiger charge is -2.50. The van der Waals surface area contributed by atoms with Crippen molar-refractivity contribution in [1.82, 2.24) is 14.9 Å². The van der Waals surface area contributed by atoms with E-state index in [1.807, 2.05) is 26.0 Å². The number of methoxy groups -OCH3 is 2. The zero-order valence-electron chi connectivity index (χ0n) is 24.5. The number of nitrogens with zero attached hydrogens (tertiary/aromatic N) is 2. The summed E-state index contributed by atoms with van der Waals surface area (Å²) in [4.78, 5) is 23.5. The van der Waals surface area contributed by atoms with Gasteiger partial charge in [-0.15, -0.1) is 0 Å². The van der Waals surface area contributed by atoms with Crippen LogP contribution in [0.25, 0.3) is 16.6 Å². The number of esters is 1. The van der Waals surface area contributed by atoms with E-state index in [9.17, 15) is 4.79 Å². The minimum absolute atomic E-state index is 0.0817. The van der Waals surface area contributed by atoms with Crippen LogP contribution in [0.1, 0.15) is 57.3 Å². The summed E-state index contributed by atoms with van der Waals surface area (Å²) in [6, 6.07) is 14.5. The fourth-order valence-electron chi connectivity index (χ4n) is 6.42. The highest BCUT2D eigenvalue weighted by Gasteiger charge is 2.50. The first-order valence-electron chi connectivity index (χ1n) is 14.6. The van der Waals surface area contributed by atoms with Gasteiger partial charge in [-0.1, -0.05) is 50.3 Å². The molecule has 2 bridgehead atoms. The van der Waals surface area contributed by atoms with Gasteiger partial charge in [0, 0.05) is 37.4 Å². The Labute approximate surface area is 237 Å². The van der Waals surface area contributed by atoms with Crippen molar-refractivity contribution in [2.45, 2.75) is 58.0 Å². The van der Waals surface area contributed by atoms with Gasteiger partial charge in [0.15, 0.2) is 0 Å². The molecule has 1 N–H and O–H groups in total. The maximum atomic E-state index is 12.9. The topological polar surface area (TPSA) is 76.7 Å². The van der Waals surface area contributed by atoms with Crippen LogP contribution in [0.3, 0.4) is 0 Å². The Hall–Kier alpha value is -3.32. The van der Waals surface area contributed by atoms with Crippen molar-refractivity contribution in [2.75, 3.05) is 34.4 Å². The molecule has 0 amide bonds. The van der Waals surface area contributed by atoms with Crippen LogP contribution in [-0.4, -0.2) is 60.8 Å². The number of aromatic amines is 1. The van der Waals surface area contributed by atoms with Crippen LogP contribution in [0.2, 0.25) is 0 Å². The minimum Gasteiger partial charge on any atom is -0.497 e. The molecule has 3 aromatic rings. The summed E-state index contributed by atoms with van der Waals surface area (Å²) >= 11 is 0. The number of aryl methyl sites for hydroxylation is 1. The Balaban J connectivity index is 1.23. The molecule has 0 spiro atoms. The van der Waals surface area contributed by atoms with Crippen molar-refractivity contribution in [3.63, 3.8) is 0 Å². The number of carbonyl (C=O) groups is 1. The first kappa shape index (κ1) is 28.2. The van der Waals surface area contributed by atoms with Crippen LogP contribution < -0.4 is 9.47 Å². The number of benzene rings is 2. The Kier molecular flexibility index (Phi) is 8.50. The number of carbonyl (C=O) groups excluding carboxylic acids is 1. The summed E-state index contributed by atoms with van der Waals surface area (Å²) in [5.41, 5.74) is 4.06. The Morgan fingerprint density at radius 1 is 1.12 bits per heavy atom. The zero-order chi connectivity index (χ0) is 28.3. The normalized spacial score (nSPS) is 22.1. The Morgan fingerprint density at radius 2 is 1.93 bits per heavy atom. The van der Waals surface area contributed by atoms with Crippen molar-refractivity contribution >= 4 is 22.6 Å². The molecule has 1 saturated carbocycles. The average Bonchev–Trinajstić information content (AvgIpc) is 3.39. The maximum Gasteiger partial charge on any atom is 0.308 e. The Morgan fingerprint density at radius 3 is 2.60 bits per heavy atom. The second-order valence-electron chi connectivity index (χ2n) is 11.8. The van der Waals surface area contributed by atoms with Gasteiger partial charge in [0.2, 0.25) is 0 Å². The second kappa shape index (κ2) is 12.0. The smallest absolute Gasteiger partial charge is 0.308 e. The van der Waals surface area contributed by atoms with Crippen LogP contribution in [0.4, 0.5) is 0 Å². The fourth-order valence-corrected chi connectivity index (χ4v) is 6.42. The van der Waals surface area contributed by atoms with Gasteiger partial charge in [-0.2, -0.15) is 0 Å². The van der Waals surface area contributed by atoms with Gasteiger partial charge in [0.25, 0.3) is 0 Å². The number of hydrogen-bond donors (Lipinski definition) is 1. The molecule has 40 heavy (non-hydrogen) atoms.